The number of halogens is 4. The van der Waals surface area contributed by atoms with E-state index in [0.29, 0.717) is 0 Å². The summed E-state index contributed by atoms with van der Waals surface area (Å²) >= 11 is 2.89. The standard InChI is InChI=1S/C10H8BrF3N2O4/c11-6-1-5(10(12,13)14)2-7(3-6)15-9(19)16-20-4-8(17)18/h1-3H,4H2,(H,17,18)(H2,15,16,19). The van der Waals surface area contributed by atoms with Gasteiger partial charge in [0.15, 0.2) is 6.61 Å². The summed E-state index contributed by atoms with van der Waals surface area (Å²) in [6, 6.07) is 1.81. The summed E-state index contributed by atoms with van der Waals surface area (Å²) < 4.78 is 37.7. The fourth-order valence-corrected chi connectivity index (χ4v) is 1.64. The molecule has 0 aliphatic rings. The van der Waals surface area contributed by atoms with Crippen molar-refractivity contribution in [1.82, 2.24) is 5.48 Å². The second-order valence-corrected chi connectivity index (χ2v) is 4.38. The lowest BCUT2D eigenvalue weighted by atomic mass is 10.2. The first kappa shape index (κ1) is 16.2. The Bertz CT molecular complexity index is 522. The monoisotopic (exact) mass is 356 g/mol. The second-order valence-electron chi connectivity index (χ2n) is 3.46. The van der Waals surface area contributed by atoms with E-state index in [0.717, 1.165) is 12.1 Å². The molecule has 0 aliphatic heterocycles. The molecule has 0 saturated heterocycles. The second kappa shape index (κ2) is 6.57. The van der Waals surface area contributed by atoms with Gasteiger partial charge >= 0.3 is 18.2 Å². The summed E-state index contributed by atoms with van der Waals surface area (Å²) in [5, 5.41) is 10.3. The minimum Gasteiger partial charge on any atom is -0.479 e. The fourth-order valence-electron chi connectivity index (χ4n) is 1.15. The van der Waals surface area contributed by atoms with Crippen molar-refractivity contribution in [1.29, 1.82) is 0 Å². The number of benzene rings is 1. The van der Waals surface area contributed by atoms with E-state index in [1.54, 1.807) is 5.48 Å². The van der Waals surface area contributed by atoms with Gasteiger partial charge in [0.1, 0.15) is 0 Å². The lowest BCUT2D eigenvalue weighted by molar-refractivity contribution is -0.144. The molecule has 2 amide bonds. The number of anilines is 1. The summed E-state index contributed by atoms with van der Waals surface area (Å²) in [5.41, 5.74) is 0.626. The molecule has 0 saturated carbocycles. The summed E-state index contributed by atoms with van der Waals surface area (Å²) in [5.74, 6) is -1.31. The van der Waals surface area contributed by atoms with E-state index in [-0.39, 0.29) is 10.2 Å². The van der Waals surface area contributed by atoms with Crippen molar-refractivity contribution in [2.75, 3.05) is 11.9 Å². The van der Waals surface area contributed by atoms with E-state index >= 15 is 0 Å². The van der Waals surface area contributed by atoms with E-state index in [1.165, 1.54) is 6.07 Å². The summed E-state index contributed by atoms with van der Waals surface area (Å²) in [6.07, 6.45) is -4.56. The molecular weight excluding hydrogens is 349 g/mol. The van der Waals surface area contributed by atoms with Crippen LogP contribution in [0.3, 0.4) is 0 Å². The minimum atomic E-state index is -4.56. The molecule has 1 aromatic rings. The van der Waals surface area contributed by atoms with Crippen molar-refractivity contribution >= 4 is 33.6 Å². The van der Waals surface area contributed by atoms with Gasteiger partial charge in [-0.25, -0.2) is 15.1 Å². The summed E-state index contributed by atoms with van der Waals surface area (Å²) in [6.45, 7) is -0.778. The van der Waals surface area contributed by atoms with Gasteiger partial charge in [-0.1, -0.05) is 15.9 Å². The predicted octanol–water partition coefficient (Wildman–Crippen LogP) is 2.61. The van der Waals surface area contributed by atoms with Crippen LogP contribution in [-0.2, 0) is 15.8 Å². The van der Waals surface area contributed by atoms with Gasteiger partial charge in [0.05, 0.1) is 5.56 Å². The molecule has 0 heterocycles. The average Bonchev–Trinajstić information content (AvgIpc) is 2.26. The maximum absolute atomic E-state index is 12.5. The maximum atomic E-state index is 12.5. The Kier molecular flexibility index (Phi) is 5.34. The van der Waals surface area contributed by atoms with Crippen molar-refractivity contribution in [3.05, 3.63) is 28.2 Å². The minimum absolute atomic E-state index is 0.120. The normalized spacial score (nSPS) is 11.0. The number of rotatable bonds is 4. The van der Waals surface area contributed by atoms with Gasteiger partial charge in [-0.3, -0.25) is 4.84 Å². The van der Waals surface area contributed by atoms with E-state index < -0.39 is 30.3 Å². The number of hydrogen-bond acceptors (Lipinski definition) is 3. The zero-order valence-electron chi connectivity index (χ0n) is 9.62. The third-order valence-electron chi connectivity index (χ3n) is 1.84. The van der Waals surface area contributed by atoms with Gasteiger partial charge in [0, 0.05) is 10.2 Å². The quantitative estimate of drug-likeness (QED) is 0.723. The van der Waals surface area contributed by atoms with E-state index in [2.05, 4.69) is 26.1 Å². The first-order valence-corrected chi connectivity index (χ1v) is 5.76. The number of carbonyl (C=O) groups excluding carboxylic acids is 1. The SMILES string of the molecule is O=C(O)CONC(=O)Nc1cc(Br)cc(C(F)(F)F)c1. The van der Waals surface area contributed by atoms with Crippen molar-refractivity contribution in [2.45, 2.75) is 6.18 Å². The molecule has 0 fully saturated rings. The molecule has 10 heteroatoms. The first-order valence-electron chi connectivity index (χ1n) is 4.97. The molecule has 20 heavy (non-hydrogen) atoms. The number of carboxylic acids is 1. The molecule has 0 aromatic heterocycles. The highest BCUT2D eigenvalue weighted by Crippen LogP contribution is 2.33. The molecule has 3 N–H and O–H groups in total. The van der Waals surface area contributed by atoms with Crippen LogP contribution < -0.4 is 10.8 Å². The lowest BCUT2D eigenvalue weighted by Gasteiger charge is -2.11. The van der Waals surface area contributed by atoms with Gasteiger partial charge < -0.3 is 10.4 Å². The van der Waals surface area contributed by atoms with Crippen molar-refractivity contribution in [3.63, 3.8) is 0 Å². The van der Waals surface area contributed by atoms with Crippen molar-refractivity contribution in [2.24, 2.45) is 0 Å². The van der Waals surface area contributed by atoms with Crippen molar-refractivity contribution < 1.29 is 32.7 Å². The van der Waals surface area contributed by atoms with Crippen LogP contribution in [0.1, 0.15) is 5.56 Å². The van der Waals surface area contributed by atoms with Crippen LogP contribution in [0, 0.1) is 0 Å². The largest absolute Gasteiger partial charge is 0.479 e. The van der Waals surface area contributed by atoms with Gasteiger partial charge in [-0.05, 0) is 18.2 Å². The van der Waals surface area contributed by atoms with Gasteiger partial charge in [-0.15, -0.1) is 0 Å². The number of amides is 2. The highest BCUT2D eigenvalue weighted by atomic mass is 79.9. The Morgan fingerprint density at radius 1 is 1.30 bits per heavy atom. The Hall–Kier alpha value is -1.81. The number of carboxylic acid groups (broad SMARTS) is 1. The molecule has 0 bridgehead atoms. The number of nitrogens with one attached hydrogen (secondary N) is 2. The Morgan fingerprint density at radius 2 is 1.95 bits per heavy atom. The maximum Gasteiger partial charge on any atom is 0.416 e. The molecule has 0 aliphatic carbocycles. The Balaban J connectivity index is 2.70. The van der Waals surface area contributed by atoms with Crippen LogP contribution in [0.4, 0.5) is 23.7 Å². The smallest absolute Gasteiger partial charge is 0.416 e. The van der Waals surface area contributed by atoms with Gasteiger partial charge in [0.2, 0.25) is 0 Å². The molecule has 1 rings (SSSR count). The number of carbonyl (C=O) groups is 2. The lowest BCUT2D eigenvalue weighted by Crippen LogP contribution is -2.30. The fraction of sp³-hybridized carbons (Fsp3) is 0.200. The third-order valence-corrected chi connectivity index (χ3v) is 2.30. The Morgan fingerprint density at radius 3 is 2.50 bits per heavy atom. The molecule has 110 valence electrons. The summed E-state index contributed by atoms with van der Waals surface area (Å²) in [7, 11) is 0. The van der Waals surface area contributed by atoms with E-state index in [9.17, 15) is 22.8 Å². The van der Waals surface area contributed by atoms with E-state index in [1.807, 2.05) is 0 Å². The zero-order valence-corrected chi connectivity index (χ0v) is 11.2. The van der Waals surface area contributed by atoms with Gasteiger partial charge in [0.25, 0.3) is 0 Å². The zero-order chi connectivity index (χ0) is 15.3. The molecule has 0 radical (unpaired) electrons. The van der Waals surface area contributed by atoms with Gasteiger partial charge in [-0.2, -0.15) is 13.2 Å². The van der Waals surface area contributed by atoms with Crippen LogP contribution in [0.25, 0.3) is 0 Å². The number of alkyl halides is 3. The highest BCUT2D eigenvalue weighted by molar-refractivity contribution is 9.10. The third kappa shape index (κ3) is 5.45. The number of aliphatic carboxylic acids is 1. The molecule has 0 atom stereocenters. The first-order chi connectivity index (χ1) is 9.18. The molecule has 1 aromatic carbocycles. The average molecular weight is 357 g/mol. The highest BCUT2D eigenvalue weighted by Gasteiger charge is 2.31. The molecule has 0 spiro atoms. The summed E-state index contributed by atoms with van der Waals surface area (Å²) in [4.78, 5) is 25.6. The van der Waals surface area contributed by atoms with Crippen LogP contribution in [0.2, 0.25) is 0 Å². The molecular formula is C10H8BrF3N2O4. The number of hydroxylamine groups is 1. The van der Waals surface area contributed by atoms with Crippen LogP contribution >= 0.6 is 15.9 Å². The number of hydrogen-bond donors (Lipinski definition) is 3. The van der Waals surface area contributed by atoms with E-state index in [4.69, 9.17) is 5.11 Å². The molecule has 6 nitrogen and oxygen atoms in total. The van der Waals surface area contributed by atoms with Crippen LogP contribution in [0.15, 0.2) is 22.7 Å². The Labute approximate surface area is 119 Å². The van der Waals surface area contributed by atoms with Crippen molar-refractivity contribution in [3.8, 4) is 0 Å². The topological polar surface area (TPSA) is 87.7 Å². The number of urea groups is 1. The van der Waals surface area contributed by atoms with Crippen LogP contribution in [0.5, 0.6) is 0 Å². The molecule has 0 unspecified atom stereocenters. The van der Waals surface area contributed by atoms with Crippen LogP contribution in [-0.4, -0.2) is 23.7 Å². The predicted molar refractivity (Wildman–Crippen MR) is 64.9 cm³/mol.